The van der Waals surface area contributed by atoms with Gasteiger partial charge in [-0.3, -0.25) is 0 Å². The van der Waals surface area contributed by atoms with Gasteiger partial charge in [-0.1, -0.05) is 46.0 Å². The number of hydrogen-bond donors (Lipinski definition) is 1. The molecule has 0 rings (SSSR count). The van der Waals surface area contributed by atoms with E-state index in [2.05, 4.69) is 19.2 Å². The van der Waals surface area contributed by atoms with Crippen LogP contribution in [0.25, 0.3) is 0 Å². The summed E-state index contributed by atoms with van der Waals surface area (Å²) in [7, 11) is 0. The molecule has 0 bridgehead atoms. The average Bonchev–Trinajstić information content (AvgIpc) is 2.03. The van der Waals surface area contributed by atoms with Crippen LogP contribution in [0.2, 0.25) is 0 Å². The molecule has 0 saturated heterocycles. The van der Waals surface area contributed by atoms with E-state index in [-0.39, 0.29) is 22.5 Å². The number of hydrogen-bond acceptors (Lipinski definition) is 1. The van der Waals surface area contributed by atoms with E-state index in [9.17, 15) is 0 Å². The molecule has 0 fully saturated rings. The van der Waals surface area contributed by atoms with E-state index in [0.717, 1.165) is 6.54 Å². The molecule has 0 atom stereocenters. The molecule has 2 nitrogen and oxygen atoms in total. The van der Waals surface area contributed by atoms with Crippen molar-refractivity contribution in [3.05, 3.63) is 0 Å². The van der Waals surface area contributed by atoms with Crippen LogP contribution in [-0.4, -0.2) is 18.6 Å². The van der Waals surface area contributed by atoms with Gasteiger partial charge >= 0.3 is 0 Å². The average molecular weight is 256 g/mol. The van der Waals surface area contributed by atoms with E-state index >= 15 is 0 Å². The lowest BCUT2D eigenvalue weighted by molar-refractivity contribution is 0.580. The highest BCUT2D eigenvalue weighted by Gasteiger charge is 1.88. The Kier molecular flexibility index (Phi) is 26.7. The lowest BCUT2D eigenvalue weighted by Gasteiger charge is -2.00. The summed E-state index contributed by atoms with van der Waals surface area (Å²) < 4.78 is 0. The summed E-state index contributed by atoms with van der Waals surface area (Å²) in [6.45, 7) is 6.76. The number of rotatable bonds is 8. The predicted octanol–water partition coefficient (Wildman–Crippen LogP) is 2.71. The van der Waals surface area contributed by atoms with Crippen molar-refractivity contribution in [2.45, 2.75) is 52.4 Å². The van der Waals surface area contributed by atoms with E-state index in [1.54, 1.807) is 0 Å². The molecular formula is C10H26BrNO. The normalized spacial score (nSPS) is 8.77. The fourth-order valence-corrected chi connectivity index (χ4v) is 1.21. The number of nitrogens with one attached hydrogen (secondary N) is 1. The first kappa shape index (κ1) is 19.0. The second-order valence-electron chi connectivity index (χ2n) is 3.12. The molecule has 0 spiro atoms. The molecule has 0 radical (unpaired) electrons. The molecule has 0 heterocycles. The molecule has 3 heteroatoms. The first-order valence-corrected chi connectivity index (χ1v) is 5.12. The first-order chi connectivity index (χ1) is 5.41. The summed E-state index contributed by atoms with van der Waals surface area (Å²) in [5.41, 5.74) is 0. The molecule has 84 valence electrons. The van der Waals surface area contributed by atoms with Gasteiger partial charge in [0.2, 0.25) is 0 Å². The SMILES string of the molecule is Br.CCCCCCCCNCC.O. The van der Waals surface area contributed by atoms with Crippen molar-refractivity contribution in [1.29, 1.82) is 0 Å². The summed E-state index contributed by atoms with van der Waals surface area (Å²) in [4.78, 5) is 0. The van der Waals surface area contributed by atoms with Crippen molar-refractivity contribution in [3.63, 3.8) is 0 Å². The topological polar surface area (TPSA) is 43.5 Å². The van der Waals surface area contributed by atoms with Gasteiger partial charge in [0, 0.05) is 0 Å². The summed E-state index contributed by atoms with van der Waals surface area (Å²) in [5.74, 6) is 0. The maximum atomic E-state index is 3.34. The van der Waals surface area contributed by atoms with E-state index in [1.165, 1.54) is 45.1 Å². The van der Waals surface area contributed by atoms with E-state index in [0.29, 0.717) is 0 Å². The zero-order valence-electron chi connectivity index (χ0n) is 9.07. The molecular weight excluding hydrogens is 230 g/mol. The van der Waals surface area contributed by atoms with Gasteiger partial charge in [-0.2, -0.15) is 0 Å². The largest absolute Gasteiger partial charge is 0.412 e. The standard InChI is InChI=1S/C10H23N.BrH.H2O/c1-3-5-6-7-8-9-10-11-4-2;;/h11H,3-10H2,1-2H3;1H;1H2. The van der Waals surface area contributed by atoms with Gasteiger partial charge in [-0.15, -0.1) is 17.0 Å². The predicted molar refractivity (Wildman–Crippen MR) is 65.9 cm³/mol. The Balaban J connectivity index is -0.000000500. The zero-order valence-corrected chi connectivity index (χ0v) is 10.8. The van der Waals surface area contributed by atoms with E-state index in [4.69, 9.17) is 0 Å². The Labute approximate surface area is 93.6 Å². The Morgan fingerprint density at radius 1 is 0.846 bits per heavy atom. The monoisotopic (exact) mass is 255 g/mol. The van der Waals surface area contributed by atoms with Crippen LogP contribution in [0.1, 0.15) is 52.4 Å². The maximum absolute atomic E-state index is 3.34. The van der Waals surface area contributed by atoms with Crippen LogP contribution in [0, 0.1) is 0 Å². The van der Waals surface area contributed by atoms with Crippen molar-refractivity contribution in [3.8, 4) is 0 Å². The van der Waals surface area contributed by atoms with Crippen molar-refractivity contribution < 1.29 is 5.48 Å². The summed E-state index contributed by atoms with van der Waals surface area (Å²) >= 11 is 0. The first-order valence-electron chi connectivity index (χ1n) is 5.12. The van der Waals surface area contributed by atoms with Gasteiger partial charge in [-0.25, -0.2) is 0 Å². The third kappa shape index (κ3) is 19.0. The Morgan fingerprint density at radius 3 is 1.92 bits per heavy atom. The van der Waals surface area contributed by atoms with Crippen molar-refractivity contribution >= 4 is 17.0 Å². The fourth-order valence-electron chi connectivity index (χ4n) is 1.21. The van der Waals surface area contributed by atoms with Gasteiger partial charge in [0.05, 0.1) is 0 Å². The van der Waals surface area contributed by atoms with Gasteiger partial charge in [0.25, 0.3) is 0 Å². The molecule has 0 aliphatic heterocycles. The highest BCUT2D eigenvalue weighted by atomic mass is 79.9. The maximum Gasteiger partial charge on any atom is -0.00490 e. The second kappa shape index (κ2) is 18.2. The molecule has 0 aromatic rings. The van der Waals surface area contributed by atoms with Crippen molar-refractivity contribution in [1.82, 2.24) is 5.32 Å². The van der Waals surface area contributed by atoms with Crippen LogP contribution < -0.4 is 5.32 Å². The molecule has 0 aromatic carbocycles. The van der Waals surface area contributed by atoms with Gasteiger partial charge in [0.1, 0.15) is 0 Å². The van der Waals surface area contributed by atoms with Gasteiger partial charge in [0.15, 0.2) is 0 Å². The Hall–Kier alpha value is 0.400. The number of unbranched alkanes of at least 4 members (excludes halogenated alkanes) is 5. The molecule has 0 aliphatic rings. The lowest BCUT2D eigenvalue weighted by atomic mass is 10.1. The minimum Gasteiger partial charge on any atom is -0.412 e. The molecule has 0 saturated carbocycles. The van der Waals surface area contributed by atoms with Gasteiger partial charge in [-0.05, 0) is 19.5 Å². The van der Waals surface area contributed by atoms with Crippen LogP contribution in [0.15, 0.2) is 0 Å². The third-order valence-electron chi connectivity index (χ3n) is 1.96. The van der Waals surface area contributed by atoms with Crippen LogP contribution >= 0.6 is 17.0 Å². The van der Waals surface area contributed by atoms with Crippen LogP contribution in [0.3, 0.4) is 0 Å². The lowest BCUT2D eigenvalue weighted by Crippen LogP contribution is -2.13. The highest BCUT2D eigenvalue weighted by molar-refractivity contribution is 8.93. The molecule has 13 heavy (non-hydrogen) atoms. The Bertz CT molecular complexity index is 63.9. The minimum atomic E-state index is 0. The number of halogens is 1. The Morgan fingerprint density at radius 2 is 1.38 bits per heavy atom. The second-order valence-corrected chi connectivity index (χ2v) is 3.12. The molecule has 0 aliphatic carbocycles. The smallest absolute Gasteiger partial charge is 0.00490 e. The summed E-state index contributed by atoms with van der Waals surface area (Å²) in [6.07, 6.45) is 8.40. The fraction of sp³-hybridized carbons (Fsp3) is 1.00. The summed E-state index contributed by atoms with van der Waals surface area (Å²) in [6, 6.07) is 0. The van der Waals surface area contributed by atoms with E-state index in [1.807, 2.05) is 0 Å². The van der Waals surface area contributed by atoms with Crippen molar-refractivity contribution in [2.24, 2.45) is 0 Å². The van der Waals surface area contributed by atoms with Crippen LogP contribution in [0.5, 0.6) is 0 Å². The molecule has 0 unspecified atom stereocenters. The third-order valence-corrected chi connectivity index (χ3v) is 1.96. The summed E-state index contributed by atoms with van der Waals surface area (Å²) in [5, 5.41) is 3.34. The van der Waals surface area contributed by atoms with Gasteiger partial charge < -0.3 is 10.8 Å². The quantitative estimate of drug-likeness (QED) is 0.667. The van der Waals surface area contributed by atoms with Crippen LogP contribution in [0.4, 0.5) is 0 Å². The van der Waals surface area contributed by atoms with Crippen molar-refractivity contribution in [2.75, 3.05) is 13.1 Å². The minimum absolute atomic E-state index is 0. The highest BCUT2D eigenvalue weighted by Crippen LogP contribution is 2.03. The molecule has 3 N–H and O–H groups in total. The molecule has 0 aromatic heterocycles. The van der Waals surface area contributed by atoms with E-state index < -0.39 is 0 Å². The van der Waals surface area contributed by atoms with Crippen LogP contribution in [-0.2, 0) is 0 Å². The molecule has 0 amide bonds. The zero-order chi connectivity index (χ0) is 8.36.